The number of halogens is 2. The summed E-state index contributed by atoms with van der Waals surface area (Å²) in [6, 6.07) is 8.19. The fraction of sp³-hybridized carbons (Fsp3) is 0.222. The molecule has 0 saturated carbocycles. The number of hydrogen-bond acceptors (Lipinski definition) is 2. The van der Waals surface area contributed by atoms with Gasteiger partial charge < -0.3 is 9.88 Å². The second-order valence-electron chi connectivity index (χ2n) is 5.95. The molecule has 4 nitrogen and oxygen atoms in total. The number of rotatable bonds is 4. The average Bonchev–Trinajstić information content (AvgIpc) is 3.21. The Bertz CT molecular complexity index is 932. The maximum atomic E-state index is 6.35. The van der Waals surface area contributed by atoms with E-state index in [0.717, 1.165) is 40.8 Å². The summed E-state index contributed by atoms with van der Waals surface area (Å²) >= 11 is 12.7. The summed E-state index contributed by atoms with van der Waals surface area (Å²) in [5.74, 6) is 0.859. The molecule has 1 atom stereocenters. The first-order valence-electron chi connectivity index (χ1n) is 7.85. The van der Waals surface area contributed by atoms with Crippen LogP contribution in [0.4, 0.5) is 5.69 Å². The van der Waals surface area contributed by atoms with Crippen molar-refractivity contribution in [2.45, 2.75) is 19.4 Å². The van der Waals surface area contributed by atoms with E-state index in [4.69, 9.17) is 28.2 Å². The predicted octanol–water partition coefficient (Wildman–Crippen LogP) is 5.17. The highest BCUT2D eigenvalue weighted by molar-refractivity contribution is 6.44. The quantitative estimate of drug-likeness (QED) is 0.699. The molecule has 0 bridgehead atoms. The molecule has 4 rings (SSSR count). The van der Waals surface area contributed by atoms with E-state index in [2.05, 4.69) is 27.9 Å². The second kappa shape index (κ2) is 6.11. The van der Waals surface area contributed by atoms with Crippen LogP contribution in [-0.2, 0) is 0 Å². The molecule has 1 aromatic heterocycles. The Labute approximate surface area is 150 Å². The van der Waals surface area contributed by atoms with Gasteiger partial charge in [-0.3, -0.25) is 4.99 Å². The van der Waals surface area contributed by atoms with Gasteiger partial charge in [0.25, 0.3) is 0 Å². The van der Waals surface area contributed by atoms with Crippen molar-refractivity contribution in [3.63, 3.8) is 0 Å². The molecule has 1 aliphatic heterocycles. The molecule has 1 N–H and O–H groups in total. The van der Waals surface area contributed by atoms with E-state index in [9.17, 15) is 0 Å². The van der Waals surface area contributed by atoms with E-state index < -0.39 is 0 Å². The number of aromatic nitrogens is 2. The number of nitrogens with one attached hydrogen (secondary N) is 1. The van der Waals surface area contributed by atoms with Crippen LogP contribution in [-0.4, -0.2) is 21.9 Å². The summed E-state index contributed by atoms with van der Waals surface area (Å²) in [7, 11) is 0. The van der Waals surface area contributed by atoms with Crippen molar-refractivity contribution in [2.75, 3.05) is 11.9 Å². The predicted molar refractivity (Wildman–Crippen MR) is 101 cm³/mol. The van der Waals surface area contributed by atoms with E-state index in [0.29, 0.717) is 16.1 Å². The first-order valence-corrected chi connectivity index (χ1v) is 8.61. The lowest BCUT2D eigenvalue weighted by Gasteiger charge is -2.11. The zero-order chi connectivity index (χ0) is 16.7. The molecule has 1 unspecified atom stereocenters. The SMILES string of the molecule is CC(CCN=C1Nc2c(Cl)cc(Cl)c3cccc1c23)n1ccnc1. The van der Waals surface area contributed by atoms with Crippen LogP contribution in [0.1, 0.15) is 24.9 Å². The Morgan fingerprint density at radius 1 is 1.29 bits per heavy atom. The minimum Gasteiger partial charge on any atom is -0.338 e. The Kier molecular flexibility index (Phi) is 3.94. The lowest BCUT2D eigenvalue weighted by molar-refractivity contribution is 0.514. The van der Waals surface area contributed by atoms with Gasteiger partial charge in [-0.1, -0.05) is 41.4 Å². The molecule has 0 aliphatic carbocycles. The van der Waals surface area contributed by atoms with Crippen LogP contribution < -0.4 is 5.32 Å². The van der Waals surface area contributed by atoms with Crippen molar-refractivity contribution in [3.8, 4) is 0 Å². The molecular weight excluding hydrogens is 343 g/mol. The van der Waals surface area contributed by atoms with Gasteiger partial charge in [-0.05, 0) is 19.4 Å². The molecule has 122 valence electrons. The van der Waals surface area contributed by atoms with Crippen LogP contribution in [0.15, 0.2) is 48.0 Å². The minimum atomic E-state index is 0.356. The van der Waals surface area contributed by atoms with Crippen molar-refractivity contribution < 1.29 is 0 Å². The van der Waals surface area contributed by atoms with E-state index >= 15 is 0 Å². The van der Waals surface area contributed by atoms with Gasteiger partial charge in [0.05, 0.1) is 22.1 Å². The first-order chi connectivity index (χ1) is 11.6. The fourth-order valence-corrected chi connectivity index (χ4v) is 3.65. The molecule has 0 saturated heterocycles. The molecule has 2 aromatic carbocycles. The zero-order valence-electron chi connectivity index (χ0n) is 13.1. The van der Waals surface area contributed by atoms with Crippen molar-refractivity contribution >= 4 is 45.5 Å². The van der Waals surface area contributed by atoms with Crippen LogP contribution in [0.2, 0.25) is 10.0 Å². The molecule has 2 heterocycles. The fourth-order valence-electron chi connectivity index (χ4n) is 3.07. The standard InChI is InChI=1S/C18H16Cl2N4/c1-11(24-8-7-21-10-24)5-6-22-18-13-4-2-3-12-14(19)9-15(20)17(23-18)16(12)13/h2-4,7-11H,5-6H2,1H3,(H,22,23). The third kappa shape index (κ3) is 2.56. The summed E-state index contributed by atoms with van der Waals surface area (Å²) < 4.78 is 2.09. The summed E-state index contributed by atoms with van der Waals surface area (Å²) in [5.41, 5.74) is 1.95. The molecule has 0 radical (unpaired) electrons. The molecule has 6 heteroatoms. The van der Waals surface area contributed by atoms with Gasteiger partial charge in [-0.25, -0.2) is 4.98 Å². The van der Waals surface area contributed by atoms with E-state index in [-0.39, 0.29) is 0 Å². The van der Waals surface area contributed by atoms with E-state index in [1.807, 2.05) is 24.7 Å². The largest absolute Gasteiger partial charge is 0.338 e. The molecule has 0 spiro atoms. The lowest BCUT2D eigenvalue weighted by Crippen LogP contribution is -2.10. The first kappa shape index (κ1) is 15.5. The van der Waals surface area contributed by atoms with Crippen LogP contribution in [0.3, 0.4) is 0 Å². The van der Waals surface area contributed by atoms with Gasteiger partial charge >= 0.3 is 0 Å². The van der Waals surface area contributed by atoms with Crippen LogP contribution >= 0.6 is 23.2 Å². The summed E-state index contributed by atoms with van der Waals surface area (Å²) in [6.45, 7) is 2.88. The van der Waals surface area contributed by atoms with Gasteiger partial charge in [-0.15, -0.1) is 0 Å². The maximum absolute atomic E-state index is 6.35. The Morgan fingerprint density at radius 3 is 2.96 bits per heavy atom. The number of amidine groups is 1. The van der Waals surface area contributed by atoms with Crippen LogP contribution in [0.5, 0.6) is 0 Å². The number of aliphatic imine (C=N–C) groups is 1. The summed E-state index contributed by atoms with van der Waals surface area (Å²) in [4.78, 5) is 8.84. The monoisotopic (exact) mass is 358 g/mol. The van der Waals surface area contributed by atoms with Gasteiger partial charge in [0.15, 0.2) is 0 Å². The lowest BCUT2D eigenvalue weighted by atomic mass is 10.1. The normalized spacial score (nSPS) is 15.9. The van der Waals surface area contributed by atoms with Crippen molar-refractivity contribution in [1.29, 1.82) is 0 Å². The Morgan fingerprint density at radius 2 is 2.17 bits per heavy atom. The van der Waals surface area contributed by atoms with Crippen LogP contribution in [0, 0.1) is 0 Å². The molecule has 1 aliphatic rings. The Hall–Kier alpha value is -2.04. The summed E-state index contributed by atoms with van der Waals surface area (Å²) in [6.07, 6.45) is 6.54. The van der Waals surface area contributed by atoms with Crippen molar-refractivity contribution in [3.05, 3.63) is 58.6 Å². The van der Waals surface area contributed by atoms with Gasteiger partial charge in [-0.2, -0.15) is 0 Å². The summed E-state index contributed by atoms with van der Waals surface area (Å²) in [5, 5.41) is 6.69. The number of imidazole rings is 1. The molecule has 3 aromatic rings. The third-order valence-electron chi connectivity index (χ3n) is 4.41. The molecule has 0 fully saturated rings. The highest BCUT2D eigenvalue weighted by atomic mass is 35.5. The van der Waals surface area contributed by atoms with E-state index in [1.165, 1.54) is 0 Å². The number of hydrogen-bond donors (Lipinski definition) is 1. The topological polar surface area (TPSA) is 42.2 Å². The van der Waals surface area contributed by atoms with Gasteiger partial charge in [0.1, 0.15) is 5.84 Å². The molecule has 0 amide bonds. The molecular formula is C18H16Cl2N4. The average molecular weight is 359 g/mol. The maximum Gasteiger partial charge on any atom is 0.133 e. The second-order valence-corrected chi connectivity index (χ2v) is 6.76. The van der Waals surface area contributed by atoms with Crippen LogP contribution in [0.25, 0.3) is 10.8 Å². The smallest absolute Gasteiger partial charge is 0.133 e. The highest BCUT2D eigenvalue weighted by Gasteiger charge is 2.23. The van der Waals surface area contributed by atoms with Crippen molar-refractivity contribution in [1.82, 2.24) is 9.55 Å². The number of nitrogens with zero attached hydrogens (tertiary/aromatic N) is 3. The van der Waals surface area contributed by atoms with Crippen molar-refractivity contribution in [2.24, 2.45) is 4.99 Å². The van der Waals surface area contributed by atoms with E-state index in [1.54, 1.807) is 12.3 Å². The minimum absolute atomic E-state index is 0.356. The number of anilines is 1. The Balaban J connectivity index is 1.61. The number of benzene rings is 2. The third-order valence-corrected chi connectivity index (χ3v) is 5.02. The zero-order valence-corrected chi connectivity index (χ0v) is 14.6. The molecule has 24 heavy (non-hydrogen) atoms. The van der Waals surface area contributed by atoms with Gasteiger partial charge in [0.2, 0.25) is 0 Å². The highest BCUT2D eigenvalue weighted by Crippen LogP contribution is 2.42. The van der Waals surface area contributed by atoms with Gasteiger partial charge in [0, 0.05) is 41.3 Å².